The van der Waals surface area contributed by atoms with E-state index >= 15 is 0 Å². The highest BCUT2D eigenvalue weighted by Gasteiger charge is 2.35. The first-order chi connectivity index (χ1) is 19.2. The van der Waals surface area contributed by atoms with Crippen LogP contribution >= 0.6 is 33.9 Å². The monoisotopic (exact) mass is 671 g/mol. The Hall–Kier alpha value is -4.17. The molecule has 1 aliphatic heterocycles. The number of fused-ring (bicyclic) bond motifs is 1. The zero-order chi connectivity index (χ0) is 28.6. The second-order valence-electron chi connectivity index (χ2n) is 8.61. The topological polar surface area (TPSA) is 124 Å². The number of nitrogens with zero attached hydrogens (tertiary/aromatic N) is 3. The molecule has 0 amide bonds. The van der Waals surface area contributed by atoms with E-state index in [1.165, 1.54) is 47.0 Å². The first-order valence-electron chi connectivity index (χ1n) is 11.9. The third-order valence-electron chi connectivity index (χ3n) is 6.12. The van der Waals surface area contributed by atoms with Crippen LogP contribution in [0.4, 0.5) is 10.1 Å². The van der Waals surface area contributed by atoms with Crippen LogP contribution in [0.5, 0.6) is 5.75 Å². The van der Waals surface area contributed by atoms with Crippen LogP contribution in [-0.2, 0) is 9.53 Å². The molecule has 12 heteroatoms. The van der Waals surface area contributed by atoms with Crippen molar-refractivity contribution in [1.82, 2.24) is 4.57 Å². The molecule has 1 N–H and O–H groups in total. The molecule has 1 aliphatic rings. The quantitative estimate of drug-likeness (QED) is 0.141. The summed E-state index contributed by atoms with van der Waals surface area (Å²) in [6.45, 7) is 1.75. The van der Waals surface area contributed by atoms with E-state index < -0.39 is 39.7 Å². The normalized spacial score (nSPS) is 15.0. The highest BCUT2D eigenvalue weighted by molar-refractivity contribution is 14.1. The number of hydrogen-bond donors (Lipinski definition) is 1. The van der Waals surface area contributed by atoms with Crippen LogP contribution in [0, 0.1) is 19.5 Å². The molecule has 9 nitrogen and oxygen atoms in total. The van der Waals surface area contributed by atoms with Crippen molar-refractivity contribution in [3.8, 4) is 5.75 Å². The third-order valence-corrected chi connectivity index (χ3v) is 7.92. The summed E-state index contributed by atoms with van der Waals surface area (Å²) in [5, 5.41) is 21.5. The summed E-state index contributed by atoms with van der Waals surface area (Å²) in [4.78, 5) is 43.0. The maximum atomic E-state index is 13.9. The summed E-state index contributed by atoms with van der Waals surface area (Å²) in [6.07, 6.45) is 1.47. The zero-order valence-electron chi connectivity index (χ0n) is 20.7. The van der Waals surface area contributed by atoms with Crippen LogP contribution in [0.15, 0.2) is 82.1 Å². The van der Waals surface area contributed by atoms with Crippen molar-refractivity contribution in [2.75, 3.05) is 6.61 Å². The minimum Gasteiger partial charge on any atom is -0.501 e. The van der Waals surface area contributed by atoms with Crippen molar-refractivity contribution in [3.05, 3.63) is 128 Å². The molecule has 0 fully saturated rings. The molecule has 0 radical (unpaired) electrons. The van der Waals surface area contributed by atoms with Gasteiger partial charge in [0.2, 0.25) is 5.75 Å². The zero-order valence-corrected chi connectivity index (χ0v) is 23.7. The van der Waals surface area contributed by atoms with Crippen LogP contribution in [0.1, 0.15) is 29.7 Å². The average molecular weight is 671 g/mol. The van der Waals surface area contributed by atoms with E-state index in [1.54, 1.807) is 53.8 Å². The fourth-order valence-electron chi connectivity index (χ4n) is 4.38. The van der Waals surface area contributed by atoms with Gasteiger partial charge in [0, 0.05) is 11.6 Å². The van der Waals surface area contributed by atoms with E-state index in [2.05, 4.69) is 0 Å². The minimum absolute atomic E-state index is 0.0865. The van der Waals surface area contributed by atoms with Gasteiger partial charge in [-0.05, 0) is 64.9 Å². The molecule has 2 heterocycles. The Morgan fingerprint density at radius 1 is 1.23 bits per heavy atom. The Morgan fingerprint density at radius 2 is 1.93 bits per heavy atom. The van der Waals surface area contributed by atoms with Crippen molar-refractivity contribution in [2.24, 2.45) is 4.99 Å². The largest absolute Gasteiger partial charge is 0.501 e. The summed E-state index contributed by atoms with van der Waals surface area (Å²) in [7, 11) is 0. The molecule has 0 saturated carbocycles. The summed E-state index contributed by atoms with van der Waals surface area (Å²) in [6, 6.07) is 16.2. The Morgan fingerprint density at radius 3 is 2.58 bits per heavy atom. The van der Waals surface area contributed by atoms with Gasteiger partial charge in [0.15, 0.2) is 4.80 Å². The number of thiazole rings is 1. The van der Waals surface area contributed by atoms with Gasteiger partial charge in [-0.25, -0.2) is 14.2 Å². The third kappa shape index (κ3) is 5.07. The Labute approximate surface area is 243 Å². The number of carbonyl (C=O) groups excluding carboxylic acids is 1. The summed E-state index contributed by atoms with van der Waals surface area (Å²) in [5.74, 6) is -1.62. The fourth-order valence-corrected chi connectivity index (χ4v) is 6.02. The molecular weight excluding hydrogens is 652 g/mol. The minimum atomic E-state index is -0.984. The highest BCUT2D eigenvalue weighted by Crippen LogP contribution is 2.35. The van der Waals surface area contributed by atoms with E-state index in [0.29, 0.717) is 22.4 Å². The van der Waals surface area contributed by atoms with Gasteiger partial charge in [-0.3, -0.25) is 19.5 Å². The molecule has 1 aromatic heterocycles. The second-order valence-corrected chi connectivity index (χ2v) is 10.8. The van der Waals surface area contributed by atoms with Gasteiger partial charge in [-0.1, -0.05) is 53.8 Å². The number of hydrogen-bond acceptors (Lipinski definition) is 8. The van der Waals surface area contributed by atoms with Crippen molar-refractivity contribution >= 4 is 57.4 Å². The number of nitro groups is 1. The Balaban J connectivity index is 1.82. The van der Waals surface area contributed by atoms with Crippen molar-refractivity contribution in [2.45, 2.75) is 13.0 Å². The van der Waals surface area contributed by atoms with Crippen LogP contribution in [0.2, 0.25) is 0 Å². The molecule has 1 unspecified atom stereocenters. The fraction of sp³-hybridized carbons (Fsp3) is 0.107. The number of phenols is 1. The van der Waals surface area contributed by atoms with E-state index in [4.69, 9.17) is 9.73 Å². The van der Waals surface area contributed by atoms with E-state index in [-0.39, 0.29) is 25.1 Å². The molecule has 0 saturated heterocycles. The number of ether oxygens (including phenoxy) is 1. The number of nitro benzene ring substituents is 1. The molecular formula is C28H19FIN3O6S. The predicted octanol–water partition coefficient (Wildman–Crippen LogP) is 4.29. The number of aromatic hydroxyl groups is 1. The molecule has 0 aliphatic carbocycles. The predicted molar refractivity (Wildman–Crippen MR) is 155 cm³/mol. The first kappa shape index (κ1) is 27.4. The SMILES string of the molecule is CCOC(=O)C1=C(c2ccccc2)N=c2sc(=Cc3cc(I)c(O)c([N+](=O)[O-])c3)c(=O)n2C1c1ccc(F)cc1. The lowest BCUT2D eigenvalue weighted by atomic mass is 9.93. The summed E-state index contributed by atoms with van der Waals surface area (Å²) in [5.41, 5.74) is 0.855. The van der Waals surface area contributed by atoms with Gasteiger partial charge in [-0.2, -0.15) is 0 Å². The highest BCUT2D eigenvalue weighted by atomic mass is 127. The molecule has 0 spiro atoms. The number of aromatic nitrogens is 1. The van der Waals surface area contributed by atoms with Gasteiger partial charge in [0.25, 0.3) is 5.56 Å². The second kappa shape index (κ2) is 11.1. The van der Waals surface area contributed by atoms with Crippen LogP contribution < -0.4 is 14.9 Å². The number of carbonyl (C=O) groups is 1. The average Bonchev–Trinajstić information content (AvgIpc) is 3.25. The lowest BCUT2D eigenvalue weighted by Gasteiger charge is -2.25. The van der Waals surface area contributed by atoms with Crippen molar-refractivity contribution in [3.63, 3.8) is 0 Å². The maximum Gasteiger partial charge on any atom is 0.338 e. The van der Waals surface area contributed by atoms with Gasteiger partial charge in [0.1, 0.15) is 5.82 Å². The standard InChI is InChI=1S/C28H19FIN3O6S/c1-2-39-27(36)22-23(16-6-4-3-5-7-16)31-28-32(24(22)17-8-10-18(29)11-9-17)26(35)21(40-28)14-15-12-19(30)25(34)20(13-15)33(37)38/h3-14,24,34H,2H2,1H3. The number of halogens is 2. The van der Waals surface area contributed by atoms with Crippen LogP contribution in [0.25, 0.3) is 11.8 Å². The molecule has 4 aromatic rings. The smallest absolute Gasteiger partial charge is 0.338 e. The lowest BCUT2D eigenvalue weighted by molar-refractivity contribution is -0.386. The van der Waals surface area contributed by atoms with E-state index in [9.17, 15) is 29.2 Å². The molecule has 40 heavy (non-hydrogen) atoms. The molecule has 0 bridgehead atoms. The van der Waals surface area contributed by atoms with Crippen molar-refractivity contribution in [1.29, 1.82) is 0 Å². The Bertz CT molecular complexity index is 1870. The van der Waals surface area contributed by atoms with Gasteiger partial charge < -0.3 is 9.84 Å². The molecule has 1 atom stereocenters. The van der Waals surface area contributed by atoms with Gasteiger partial charge in [0.05, 0.1) is 36.9 Å². The van der Waals surface area contributed by atoms with Gasteiger partial charge in [-0.15, -0.1) is 0 Å². The van der Waals surface area contributed by atoms with Gasteiger partial charge >= 0.3 is 11.7 Å². The van der Waals surface area contributed by atoms with Crippen LogP contribution in [-0.4, -0.2) is 27.2 Å². The molecule has 3 aromatic carbocycles. The lowest BCUT2D eigenvalue weighted by Crippen LogP contribution is -2.40. The number of phenolic OH excluding ortho intramolecular Hbond substituents is 1. The summed E-state index contributed by atoms with van der Waals surface area (Å²) < 4.78 is 21.1. The Kier molecular flexibility index (Phi) is 7.63. The molecule has 202 valence electrons. The van der Waals surface area contributed by atoms with E-state index in [1.807, 2.05) is 6.07 Å². The summed E-state index contributed by atoms with van der Waals surface area (Å²) >= 11 is 2.82. The first-order valence-corrected chi connectivity index (χ1v) is 13.8. The van der Waals surface area contributed by atoms with E-state index in [0.717, 1.165) is 11.3 Å². The van der Waals surface area contributed by atoms with Crippen molar-refractivity contribution < 1.29 is 24.0 Å². The number of esters is 1. The molecule has 5 rings (SSSR count). The van der Waals surface area contributed by atoms with Crippen LogP contribution in [0.3, 0.4) is 0 Å². The number of benzene rings is 3. The number of rotatable bonds is 6. The maximum absolute atomic E-state index is 13.9.